The molecule has 0 aliphatic heterocycles. The summed E-state index contributed by atoms with van der Waals surface area (Å²) < 4.78 is 28.7. The molecule has 0 bridgehead atoms. The minimum atomic E-state index is -4.10. The van der Waals surface area contributed by atoms with Gasteiger partial charge in [-0.3, -0.25) is 13.9 Å². The molecule has 1 saturated carbocycles. The van der Waals surface area contributed by atoms with Crippen LogP contribution in [0.5, 0.6) is 0 Å². The normalized spacial score (nSPS) is 14.5. The molecule has 0 saturated heterocycles. The van der Waals surface area contributed by atoms with Crippen molar-refractivity contribution in [2.45, 2.75) is 62.6 Å². The standard InChI is InChI=1S/C30H33Cl2N3O4S/c1-2-28(30(37)33-24-11-9-10-12-24)34(20-22-17-18-23(31)19-27(22)32)29(36)21-35(25-13-5-3-6-14-25)40(38,39)26-15-7-4-8-16-26/h3-8,13-19,24,28H,2,9-12,20-21H2,1H3,(H,33,37)/t28-/m0/s1. The Morgan fingerprint density at radius 1 is 0.950 bits per heavy atom. The highest BCUT2D eigenvalue weighted by Crippen LogP contribution is 2.27. The van der Waals surface area contributed by atoms with Crippen LogP contribution in [-0.2, 0) is 26.2 Å². The van der Waals surface area contributed by atoms with E-state index in [-0.39, 0.29) is 23.4 Å². The Bertz CT molecular complexity index is 1420. The number of nitrogens with one attached hydrogen (secondary N) is 1. The van der Waals surface area contributed by atoms with E-state index >= 15 is 0 Å². The van der Waals surface area contributed by atoms with Crippen molar-refractivity contribution >= 4 is 50.7 Å². The Hall–Kier alpha value is -3.07. The number of sulfonamides is 1. The Morgan fingerprint density at radius 2 is 1.57 bits per heavy atom. The minimum Gasteiger partial charge on any atom is -0.352 e. The first-order valence-corrected chi connectivity index (χ1v) is 15.6. The molecule has 0 spiro atoms. The number of carbonyl (C=O) groups excluding carboxylic acids is 2. The van der Waals surface area contributed by atoms with Crippen molar-refractivity contribution in [3.8, 4) is 0 Å². The predicted molar refractivity (Wildman–Crippen MR) is 159 cm³/mol. The van der Waals surface area contributed by atoms with Crippen LogP contribution in [0.3, 0.4) is 0 Å². The summed E-state index contributed by atoms with van der Waals surface area (Å²) in [5, 5.41) is 3.90. The smallest absolute Gasteiger partial charge is 0.264 e. The first-order chi connectivity index (χ1) is 19.2. The molecule has 0 radical (unpaired) electrons. The maximum absolute atomic E-state index is 14.1. The van der Waals surface area contributed by atoms with Crippen molar-refractivity contribution in [1.82, 2.24) is 10.2 Å². The van der Waals surface area contributed by atoms with E-state index in [2.05, 4.69) is 5.32 Å². The highest BCUT2D eigenvalue weighted by Gasteiger charge is 2.34. The Balaban J connectivity index is 1.70. The van der Waals surface area contributed by atoms with Crippen LogP contribution in [0.2, 0.25) is 10.0 Å². The summed E-state index contributed by atoms with van der Waals surface area (Å²) in [6.07, 6.45) is 4.24. The van der Waals surface area contributed by atoms with Crippen molar-refractivity contribution in [3.63, 3.8) is 0 Å². The number of benzene rings is 3. The van der Waals surface area contributed by atoms with E-state index in [9.17, 15) is 18.0 Å². The van der Waals surface area contributed by atoms with Gasteiger partial charge in [-0.25, -0.2) is 8.42 Å². The van der Waals surface area contributed by atoms with Gasteiger partial charge in [0.1, 0.15) is 12.6 Å². The van der Waals surface area contributed by atoms with E-state index in [1.165, 1.54) is 17.0 Å². The van der Waals surface area contributed by atoms with E-state index in [0.29, 0.717) is 27.7 Å². The van der Waals surface area contributed by atoms with Gasteiger partial charge in [0, 0.05) is 22.6 Å². The van der Waals surface area contributed by atoms with Crippen molar-refractivity contribution in [3.05, 3.63) is 94.5 Å². The monoisotopic (exact) mass is 601 g/mol. The molecule has 1 fully saturated rings. The number of rotatable bonds is 11. The molecule has 3 aromatic carbocycles. The third-order valence-electron chi connectivity index (χ3n) is 7.10. The van der Waals surface area contributed by atoms with E-state index in [0.717, 1.165) is 30.0 Å². The molecule has 1 aliphatic rings. The van der Waals surface area contributed by atoms with Crippen molar-refractivity contribution in [1.29, 1.82) is 0 Å². The lowest BCUT2D eigenvalue weighted by Gasteiger charge is -2.34. The first-order valence-electron chi connectivity index (χ1n) is 13.4. The summed E-state index contributed by atoms with van der Waals surface area (Å²) in [6.45, 7) is 1.34. The first kappa shape index (κ1) is 29.9. The van der Waals surface area contributed by atoms with Crippen LogP contribution in [0.1, 0.15) is 44.6 Å². The lowest BCUT2D eigenvalue weighted by Crippen LogP contribution is -2.53. The van der Waals surface area contributed by atoms with Crippen LogP contribution in [0.15, 0.2) is 83.8 Å². The zero-order valence-corrected chi connectivity index (χ0v) is 24.6. The number of nitrogens with zero attached hydrogens (tertiary/aromatic N) is 2. The number of para-hydroxylation sites is 1. The average Bonchev–Trinajstić information content (AvgIpc) is 3.46. The maximum atomic E-state index is 14.1. The van der Waals surface area contributed by atoms with E-state index < -0.39 is 28.5 Å². The molecule has 212 valence electrons. The Morgan fingerprint density at radius 3 is 2.17 bits per heavy atom. The Labute approximate surface area is 246 Å². The van der Waals surface area contributed by atoms with Gasteiger partial charge >= 0.3 is 0 Å². The number of hydrogen-bond donors (Lipinski definition) is 1. The molecular weight excluding hydrogens is 569 g/mol. The molecule has 0 unspecified atom stereocenters. The van der Waals surface area contributed by atoms with Crippen molar-refractivity contribution in [2.75, 3.05) is 10.8 Å². The van der Waals surface area contributed by atoms with Gasteiger partial charge in [-0.15, -0.1) is 0 Å². The van der Waals surface area contributed by atoms with Gasteiger partial charge in [-0.2, -0.15) is 0 Å². The second-order valence-corrected chi connectivity index (χ2v) is 12.5. The summed E-state index contributed by atoms with van der Waals surface area (Å²) in [6, 6.07) is 20.6. The van der Waals surface area contributed by atoms with Crippen LogP contribution in [0.25, 0.3) is 0 Å². The second kappa shape index (κ2) is 13.5. The molecule has 10 heteroatoms. The topological polar surface area (TPSA) is 86.8 Å². The van der Waals surface area contributed by atoms with Crippen LogP contribution >= 0.6 is 23.2 Å². The number of anilines is 1. The maximum Gasteiger partial charge on any atom is 0.264 e. The van der Waals surface area contributed by atoms with Gasteiger partial charge in [0.15, 0.2) is 0 Å². The molecule has 7 nitrogen and oxygen atoms in total. The van der Waals surface area contributed by atoms with Gasteiger partial charge in [0.05, 0.1) is 10.6 Å². The van der Waals surface area contributed by atoms with E-state index in [1.807, 2.05) is 6.92 Å². The summed E-state index contributed by atoms with van der Waals surface area (Å²) >= 11 is 12.6. The van der Waals surface area contributed by atoms with Crippen molar-refractivity contribution < 1.29 is 18.0 Å². The Kier molecular flexibility index (Phi) is 10.1. The molecule has 40 heavy (non-hydrogen) atoms. The average molecular weight is 603 g/mol. The fraction of sp³-hybridized carbons (Fsp3) is 0.333. The lowest BCUT2D eigenvalue weighted by molar-refractivity contribution is -0.140. The molecule has 1 atom stereocenters. The molecule has 4 rings (SSSR count). The third kappa shape index (κ3) is 7.16. The van der Waals surface area contributed by atoms with E-state index in [4.69, 9.17) is 23.2 Å². The quantitative estimate of drug-likeness (QED) is 0.289. The lowest BCUT2D eigenvalue weighted by atomic mass is 10.1. The molecule has 0 aromatic heterocycles. The van der Waals surface area contributed by atoms with Crippen LogP contribution < -0.4 is 9.62 Å². The van der Waals surface area contributed by atoms with Crippen LogP contribution in [0, 0.1) is 0 Å². The number of carbonyl (C=O) groups is 2. The minimum absolute atomic E-state index is 0.0133. The molecule has 1 aliphatic carbocycles. The molecular formula is C30H33Cl2N3O4S. The predicted octanol–water partition coefficient (Wildman–Crippen LogP) is 6.05. The largest absolute Gasteiger partial charge is 0.352 e. The van der Waals surface area contributed by atoms with Gasteiger partial charge in [0.2, 0.25) is 11.8 Å². The number of halogens is 2. The van der Waals surface area contributed by atoms with Gasteiger partial charge in [-0.1, -0.05) is 85.4 Å². The second-order valence-electron chi connectivity index (χ2n) is 9.83. The van der Waals surface area contributed by atoms with E-state index in [1.54, 1.807) is 66.7 Å². The van der Waals surface area contributed by atoms with Crippen molar-refractivity contribution in [2.24, 2.45) is 0 Å². The zero-order chi connectivity index (χ0) is 28.7. The molecule has 3 aromatic rings. The van der Waals surface area contributed by atoms with Crippen LogP contribution in [0.4, 0.5) is 5.69 Å². The highest BCUT2D eigenvalue weighted by atomic mass is 35.5. The van der Waals surface area contributed by atoms with Gasteiger partial charge in [-0.05, 0) is 61.2 Å². The molecule has 1 N–H and O–H groups in total. The molecule has 0 heterocycles. The number of hydrogen-bond acceptors (Lipinski definition) is 4. The van der Waals surface area contributed by atoms with Gasteiger partial charge < -0.3 is 10.2 Å². The SMILES string of the molecule is CC[C@@H](C(=O)NC1CCCC1)N(Cc1ccc(Cl)cc1Cl)C(=O)CN(c1ccccc1)S(=O)(=O)c1ccccc1. The summed E-state index contributed by atoms with van der Waals surface area (Å²) in [5.41, 5.74) is 0.941. The highest BCUT2D eigenvalue weighted by molar-refractivity contribution is 7.92. The summed E-state index contributed by atoms with van der Waals surface area (Å²) in [5.74, 6) is -0.784. The zero-order valence-electron chi connectivity index (χ0n) is 22.3. The summed E-state index contributed by atoms with van der Waals surface area (Å²) in [7, 11) is -4.10. The van der Waals surface area contributed by atoms with Crippen LogP contribution in [-0.4, -0.2) is 43.8 Å². The number of amides is 2. The fourth-order valence-electron chi connectivity index (χ4n) is 4.96. The fourth-order valence-corrected chi connectivity index (χ4v) is 6.87. The van der Waals surface area contributed by atoms with Gasteiger partial charge in [0.25, 0.3) is 10.0 Å². The summed E-state index contributed by atoms with van der Waals surface area (Å²) in [4.78, 5) is 29.1. The molecule has 2 amide bonds. The third-order valence-corrected chi connectivity index (χ3v) is 9.47.